The maximum Gasteiger partial charge on any atom is 0.261 e. The molecule has 2 N–H and O–H groups in total. The lowest BCUT2D eigenvalue weighted by Crippen LogP contribution is -2.15. The molecule has 1 aliphatic carbocycles. The number of rotatable bonds is 4. The van der Waals surface area contributed by atoms with Crippen molar-refractivity contribution in [2.45, 2.75) is 32.1 Å². The number of allylic oxidation sites excluding steroid dienone is 1. The molecule has 0 saturated heterocycles. The van der Waals surface area contributed by atoms with Gasteiger partial charge in [0.05, 0.1) is 6.61 Å². The average Bonchev–Trinajstić information content (AvgIpc) is 2.87. The molecule has 26 heavy (non-hydrogen) atoms. The van der Waals surface area contributed by atoms with Crippen LogP contribution in [0.4, 0.5) is 14.5 Å². The molecular formula is C21H21F2NO2. The summed E-state index contributed by atoms with van der Waals surface area (Å²) in [4.78, 5) is 12.2. The van der Waals surface area contributed by atoms with E-state index in [9.17, 15) is 18.7 Å². The predicted molar refractivity (Wildman–Crippen MR) is 97.8 cm³/mol. The fourth-order valence-corrected chi connectivity index (χ4v) is 3.33. The molecule has 0 bridgehead atoms. The molecule has 1 aliphatic rings. The number of hydrogen-bond donors (Lipinski definition) is 2. The van der Waals surface area contributed by atoms with Crippen LogP contribution in [0.1, 0.15) is 48.0 Å². The summed E-state index contributed by atoms with van der Waals surface area (Å²) in [5.41, 5.74) is 3.09. The first-order valence-corrected chi connectivity index (χ1v) is 8.77. The van der Waals surface area contributed by atoms with Crippen molar-refractivity contribution in [1.82, 2.24) is 0 Å². The second kappa shape index (κ2) is 8.23. The highest BCUT2D eigenvalue weighted by Crippen LogP contribution is 2.31. The Balaban J connectivity index is 1.79. The standard InChI is InChI=1S/C21H21F2NO2/c22-18-7-4-8-19(23)20(18)21(26)24-16-11-9-14(10-12-16)17-6-3-1-2-5-15(17)13-25/h4,7-12,25H,1-3,5-6,13H2,(H,24,26). The molecule has 3 nitrogen and oxygen atoms in total. The van der Waals surface area contributed by atoms with E-state index in [4.69, 9.17) is 0 Å². The van der Waals surface area contributed by atoms with Gasteiger partial charge in [0, 0.05) is 5.69 Å². The third-order valence-corrected chi connectivity index (χ3v) is 4.70. The Bertz CT molecular complexity index is 808. The van der Waals surface area contributed by atoms with Gasteiger partial charge in [0.15, 0.2) is 0 Å². The van der Waals surface area contributed by atoms with Crippen LogP contribution in [0.25, 0.3) is 5.57 Å². The quantitative estimate of drug-likeness (QED) is 0.815. The molecule has 1 amide bonds. The highest BCUT2D eigenvalue weighted by molar-refractivity contribution is 6.04. The van der Waals surface area contributed by atoms with Crippen molar-refractivity contribution in [2.24, 2.45) is 0 Å². The lowest BCUT2D eigenvalue weighted by molar-refractivity contribution is 0.101. The van der Waals surface area contributed by atoms with Crippen LogP contribution in [0.15, 0.2) is 48.0 Å². The number of amides is 1. The largest absolute Gasteiger partial charge is 0.392 e. The summed E-state index contributed by atoms with van der Waals surface area (Å²) in [5, 5.41) is 12.1. The molecule has 0 atom stereocenters. The number of nitrogens with one attached hydrogen (secondary N) is 1. The van der Waals surface area contributed by atoms with E-state index in [1.165, 1.54) is 6.07 Å². The van der Waals surface area contributed by atoms with E-state index in [1.54, 1.807) is 12.1 Å². The number of carbonyl (C=O) groups excluding carboxylic acids is 1. The molecule has 0 unspecified atom stereocenters. The minimum absolute atomic E-state index is 0.0559. The fraction of sp³-hybridized carbons (Fsp3) is 0.286. The van der Waals surface area contributed by atoms with Gasteiger partial charge in [0.25, 0.3) is 5.91 Å². The average molecular weight is 357 g/mol. The van der Waals surface area contributed by atoms with Crippen LogP contribution in [0.3, 0.4) is 0 Å². The van der Waals surface area contributed by atoms with E-state index >= 15 is 0 Å². The van der Waals surface area contributed by atoms with Gasteiger partial charge >= 0.3 is 0 Å². The topological polar surface area (TPSA) is 49.3 Å². The first-order chi connectivity index (χ1) is 12.6. The summed E-state index contributed by atoms with van der Waals surface area (Å²) in [6, 6.07) is 10.5. The molecule has 5 heteroatoms. The van der Waals surface area contributed by atoms with Gasteiger partial charge in [-0.15, -0.1) is 0 Å². The van der Waals surface area contributed by atoms with Crippen LogP contribution in [0.2, 0.25) is 0 Å². The van der Waals surface area contributed by atoms with Crippen molar-refractivity contribution in [3.8, 4) is 0 Å². The van der Waals surface area contributed by atoms with Crippen LogP contribution in [-0.4, -0.2) is 17.6 Å². The minimum atomic E-state index is -0.893. The molecule has 0 radical (unpaired) electrons. The van der Waals surface area contributed by atoms with Crippen molar-refractivity contribution >= 4 is 17.2 Å². The van der Waals surface area contributed by atoms with Crippen LogP contribution < -0.4 is 5.32 Å². The van der Waals surface area contributed by atoms with E-state index in [2.05, 4.69) is 5.32 Å². The van der Waals surface area contributed by atoms with Gasteiger partial charge < -0.3 is 10.4 Å². The van der Waals surface area contributed by atoms with Gasteiger partial charge in [0.2, 0.25) is 0 Å². The second-order valence-corrected chi connectivity index (χ2v) is 6.43. The smallest absolute Gasteiger partial charge is 0.261 e. The first-order valence-electron chi connectivity index (χ1n) is 8.77. The summed E-state index contributed by atoms with van der Waals surface area (Å²) in [5.74, 6) is -2.61. The molecule has 0 saturated carbocycles. The molecule has 2 aromatic rings. The molecule has 0 aromatic heterocycles. The van der Waals surface area contributed by atoms with Crippen molar-refractivity contribution in [3.63, 3.8) is 0 Å². The van der Waals surface area contributed by atoms with Crippen molar-refractivity contribution < 1.29 is 18.7 Å². The predicted octanol–water partition coefficient (Wildman–Crippen LogP) is 4.93. The molecule has 0 fully saturated rings. The second-order valence-electron chi connectivity index (χ2n) is 6.43. The summed E-state index contributed by atoms with van der Waals surface area (Å²) >= 11 is 0. The Hall–Kier alpha value is -2.53. The maximum atomic E-state index is 13.7. The molecule has 3 rings (SSSR count). The monoisotopic (exact) mass is 357 g/mol. The lowest BCUT2D eigenvalue weighted by Gasteiger charge is -2.12. The number of anilines is 1. The zero-order valence-electron chi connectivity index (χ0n) is 14.4. The Morgan fingerprint density at radius 2 is 1.62 bits per heavy atom. The zero-order valence-corrected chi connectivity index (χ0v) is 14.4. The van der Waals surface area contributed by atoms with Gasteiger partial charge in [-0.1, -0.05) is 24.6 Å². The van der Waals surface area contributed by atoms with Crippen LogP contribution in [0, 0.1) is 11.6 Å². The maximum absolute atomic E-state index is 13.7. The van der Waals surface area contributed by atoms with E-state index in [-0.39, 0.29) is 6.61 Å². The highest BCUT2D eigenvalue weighted by atomic mass is 19.1. The Labute approximate surface area is 151 Å². The van der Waals surface area contributed by atoms with Crippen LogP contribution in [-0.2, 0) is 0 Å². The Morgan fingerprint density at radius 3 is 2.27 bits per heavy atom. The van der Waals surface area contributed by atoms with Gasteiger partial charge in [-0.3, -0.25) is 4.79 Å². The molecular weight excluding hydrogens is 336 g/mol. The summed E-state index contributed by atoms with van der Waals surface area (Å²) in [7, 11) is 0. The third kappa shape index (κ3) is 3.99. The molecule has 136 valence electrons. The van der Waals surface area contributed by atoms with E-state index in [0.717, 1.165) is 60.9 Å². The van der Waals surface area contributed by atoms with Crippen molar-refractivity contribution in [2.75, 3.05) is 11.9 Å². The molecule has 0 aliphatic heterocycles. The Morgan fingerprint density at radius 1 is 0.962 bits per heavy atom. The van der Waals surface area contributed by atoms with Crippen molar-refractivity contribution in [3.05, 3.63) is 70.8 Å². The SMILES string of the molecule is O=C(Nc1ccc(C2=C(CO)CCCCC2)cc1)c1c(F)cccc1F. The number of hydrogen-bond acceptors (Lipinski definition) is 2. The van der Waals surface area contributed by atoms with Gasteiger partial charge in [-0.2, -0.15) is 0 Å². The van der Waals surface area contributed by atoms with E-state index in [0.29, 0.717) is 5.69 Å². The third-order valence-electron chi connectivity index (χ3n) is 4.70. The van der Waals surface area contributed by atoms with Crippen LogP contribution >= 0.6 is 0 Å². The van der Waals surface area contributed by atoms with Crippen LogP contribution in [0.5, 0.6) is 0 Å². The highest BCUT2D eigenvalue weighted by Gasteiger charge is 2.17. The van der Waals surface area contributed by atoms with Crippen molar-refractivity contribution in [1.29, 1.82) is 0 Å². The summed E-state index contributed by atoms with van der Waals surface area (Å²) in [6.07, 6.45) is 5.14. The number of carbonyl (C=O) groups is 1. The molecule has 0 spiro atoms. The molecule has 2 aromatic carbocycles. The van der Waals surface area contributed by atoms with E-state index < -0.39 is 23.1 Å². The number of aliphatic hydroxyl groups excluding tert-OH is 1. The van der Waals surface area contributed by atoms with E-state index in [1.807, 2.05) is 12.1 Å². The summed E-state index contributed by atoms with van der Waals surface area (Å²) < 4.78 is 27.4. The lowest BCUT2D eigenvalue weighted by atomic mass is 9.96. The first kappa shape index (κ1) is 18.3. The van der Waals surface area contributed by atoms with Gasteiger partial charge in [-0.25, -0.2) is 8.78 Å². The zero-order chi connectivity index (χ0) is 18.5. The number of benzene rings is 2. The number of halogens is 2. The normalized spacial score (nSPS) is 14.9. The summed E-state index contributed by atoms with van der Waals surface area (Å²) in [6.45, 7) is 0.0559. The minimum Gasteiger partial charge on any atom is -0.392 e. The van der Waals surface area contributed by atoms with Gasteiger partial charge in [-0.05, 0) is 66.7 Å². The van der Waals surface area contributed by atoms with Gasteiger partial charge in [0.1, 0.15) is 17.2 Å². The fourth-order valence-electron chi connectivity index (χ4n) is 3.33. The molecule has 0 heterocycles. The number of aliphatic hydroxyl groups is 1. The Kier molecular flexibility index (Phi) is 5.78.